The van der Waals surface area contributed by atoms with E-state index in [1.165, 1.54) is 6.07 Å². The fraction of sp³-hybridized carbons (Fsp3) is 0. The van der Waals surface area contributed by atoms with Gasteiger partial charge >= 0.3 is 0 Å². The van der Waals surface area contributed by atoms with Crippen LogP contribution in [-0.2, 0) is 0 Å². The minimum Gasteiger partial charge on any atom is -0.206 e. The van der Waals surface area contributed by atoms with Gasteiger partial charge in [0.15, 0.2) is 0 Å². The van der Waals surface area contributed by atoms with Crippen molar-refractivity contribution in [3.05, 3.63) is 47.2 Å². The highest BCUT2D eigenvalue weighted by molar-refractivity contribution is 6.35. The van der Waals surface area contributed by atoms with Crippen LogP contribution >= 0.6 is 11.6 Å². The Kier molecular flexibility index (Phi) is 1.74. The van der Waals surface area contributed by atoms with Gasteiger partial charge in [0.1, 0.15) is 5.82 Å². The zero-order chi connectivity index (χ0) is 8.55. The first-order valence-corrected chi connectivity index (χ1v) is 3.99. The first-order valence-electron chi connectivity index (χ1n) is 3.62. The Morgan fingerprint density at radius 1 is 1.00 bits per heavy atom. The summed E-state index contributed by atoms with van der Waals surface area (Å²) in [5.74, 6) is -0.266. The molecule has 0 aromatic heterocycles. The van der Waals surface area contributed by atoms with E-state index in [0.29, 0.717) is 10.4 Å². The van der Waals surface area contributed by atoms with Gasteiger partial charge in [0.25, 0.3) is 0 Å². The maximum absolute atomic E-state index is 13.2. The number of benzene rings is 2. The summed E-state index contributed by atoms with van der Waals surface area (Å²) >= 11 is 5.82. The van der Waals surface area contributed by atoms with Gasteiger partial charge in [-0.1, -0.05) is 35.9 Å². The molecule has 0 aliphatic heterocycles. The van der Waals surface area contributed by atoms with E-state index in [9.17, 15) is 4.39 Å². The Morgan fingerprint density at radius 3 is 2.33 bits per heavy atom. The molecule has 0 atom stereocenters. The van der Waals surface area contributed by atoms with Gasteiger partial charge in [0.05, 0.1) is 5.02 Å². The first-order chi connectivity index (χ1) is 5.79. The number of fused-ring (bicyclic) bond motifs is 1. The van der Waals surface area contributed by atoms with Crippen molar-refractivity contribution >= 4 is 22.4 Å². The van der Waals surface area contributed by atoms with Crippen molar-refractivity contribution in [1.82, 2.24) is 0 Å². The third kappa shape index (κ3) is 1.07. The van der Waals surface area contributed by atoms with Gasteiger partial charge in [0.2, 0.25) is 0 Å². The molecule has 0 aliphatic carbocycles. The predicted molar refractivity (Wildman–Crippen MR) is 48.9 cm³/mol. The molecule has 0 bridgehead atoms. The van der Waals surface area contributed by atoms with Crippen LogP contribution in [0.4, 0.5) is 4.39 Å². The van der Waals surface area contributed by atoms with Gasteiger partial charge < -0.3 is 0 Å². The van der Waals surface area contributed by atoms with Crippen LogP contribution in [-0.4, -0.2) is 0 Å². The van der Waals surface area contributed by atoms with Crippen molar-refractivity contribution in [2.75, 3.05) is 0 Å². The zero-order valence-corrected chi connectivity index (χ0v) is 6.98. The highest BCUT2D eigenvalue weighted by Gasteiger charge is 2.02. The van der Waals surface area contributed by atoms with E-state index in [2.05, 4.69) is 0 Å². The molecule has 0 fully saturated rings. The van der Waals surface area contributed by atoms with E-state index in [4.69, 9.17) is 11.6 Å². The van der Waals surface area contributed by atoms with Crippen molar-refractivity contribution in [2.45, 2.75) is 0 Å². The molecule has 0 N–H and O–H groups in total. The molecule has 60 valence electrons. The highest BCUT2D eigenvalue weighted by Crippen LogP contribution is 2.25. The minimum atomic E-state index is -0.266. The van der Waals surface area contributed by atoms with Gasteiger partial charge in [-0.15, -0.1) is 0 Å². The molecule has 0 spiro atoms. The van der Waals surface area contributed by atoms with Gasteiger partial charge in [-0.05, 0) is 17.5 Å². The van der Waals surface area contributed by atoms with Gasteiger partial charge in [-0.3, -0.25) is 0 Å². The van der Waals surface area contributed by atoms with Crippen LogP contribution in [0.25, 0.3) is 10.8 Å². The van der Waals surface area contributed by atoms with Crippen molar-refractivity contribution in [1.29, 1.82) is 0 Å². The second-order valence-corrected chi connectivity index (χ2v) is 2.98. The minimum absolute atomic E-state index is 0.266. The Labute approximate surface area is 74.6 Å². The van der Waals surface area contributed by atoms with Crippen molar-refractivity contribution in [3.8, 4) is 0 Å². The number of halogens is 2. The Hall–Kier alpha value is -1.08. The van der Waals surface area contributed by atoms with Crippen LogP contribution in [0.1, 0.15) is 0 Å². The highest BCUT2D eigenvalue weighted by atomic mass is 35.5. The lowest BCUT2D eigenvalue weighted by atomic mass is 10.1. The lowest BCUT2D eigenvalue weighted by Gasteiger charge is -1.99. The summed E-state index contributed by atoms with van der Waals surface area (Å²) < 4.78 is 13.2. The average molecular weight is 181 g/mol. The van der Waals surface area contributed by atoms with Crippen molar-refractivity contribution < 1.29 is 4.39 Å². The van der Waals surface area contributed by atoms with Gasteiger partial charge in [-0.2, -0.15) is 0 Å². The zero-order valence-electron chi connectivity index (χ0n) is 6.22. The molecule has 0 saturated heterocycles. The van der Waals surface area contributed by atoms with Crippen LogP contribution in [0.5, 0.6) is 0 Å². The van der Waals surface area contributed by atoms with E-state index < -0.39 is 0 Å². The summed E-state index contributed by atoms with van der Waals surface area (Å²) in [6.07, 6.45) is 0. The fourth-order valence-corrected chi connectivity index (χ4v) is 1.52. The third-order valence-electron chi connectivity index (χ3n) is 1.80. The van der Waals surface area contributed by atoms with Gasteiger partial charge in [0, 0.05) is 5.39 Å². The molecule has 0 radical (unpaired) electrons. The van der Waals surface area contributed by atoms with E-state index in [1.54, 1.807) is 12.1 Å². The fourth-order valence-electron chi connectivity index (χ4n) is 1.25. The molecule has 2 aromatic carbocycles. The maximum Gasteiger partial charge on any atom is 0.132 e. The van der Waals surface area contributed by atoms with Crippen molar-refractivity contribution in [3.63, 3.8) is 0 Å². The second kappa shape index (κ2) is 2.76. The molecule has 0 unspecified atom stereocenters. The van der Waals surface area contributed by atoms with E-state index in [0.717, 1.165) is 5.39 Å². The number of hydrogen-bond acceptors (Lipinski definition) is 0. The van der Waals surface area contributed by atoms with E-state index >= 15 is 0 Å². The van der Waals surface area contributed by atoms with Crippen LogP contribution in [0.15, 0.2) is 36.4 Å². The summed E-state index contributed by atoms with van der Waals surface area (Å²) in [5, 5.41) is 1.80. The molecule has 0 heterocycles. The third-order valence-corrected chi connectivity index (χ3v) is 2.12. The summed E-state index contributed by atoms with van der Waals surface area (Å²) in [6, 6.07) is 10.3. The van der Waals surface area contributed by atoms with Crippen molar-refractivity contribution in [2.24, 2.45) is 0 Å². The Morgan fingerprint density at radius 2 is 1.67 bits per heavy atom. The van der Waals surface area contributed by atoms with Crippen LogP contribution < -0.4 is 0 Å². The topological polar surface area (TPSA) is 0 Å². The smallest absolute Gasteiger partial charge is 0.132 e. The van der Waals surface area contributed by atoms with Crippen LogP contribution in [0, 0.1) is 5.82 Å². The molecule has 0 nitrogen and oxygen atoms in total. The van der Waals surface area contributed by atoms with E-state index in [-0.39, 0.29) is 5.82 Å². The standard InChI is InChI=1S/C10H6ClF/c11-8-5-1-3-7-4-2-6-9(12)10(7)8/h1-6H. The summed E-state index contributed by atoms with van der Waals surface area (Å²) in [4.78, 5) is 0. The van der Waals surface area contributed by atoms with Gasteiger partial charge in [-0.25, -0.2) is 4.39 Å². The molecular formula is C10H6ClF. The second-order valence-electron chi connectivity index (χ2n) is 2.58. The largest absolute Gasteiger partial charge is 0.206 e. The Balaban J connectivity index is 2.96. The lowest BCUT2D eigenvalue weighted by molar-refractivity contribution is 0.640. The average Bonchev–Trinajstić information content (AvgIpc) is 2.04. The molecule has 0 aliphatic rings. The molecule has 0 saturated carbocycles. The Bertz CT molecular complexity index is 386. The molecular weight excluding hydrogens is 175 g/mol. The first kappa shape index (κ1) is 7.56. The summed E-state index contributed by atoms with van der Waals surface area (Å²) in [5.41, 5.74) is 0. The molecule has 2 rings (SSSR count). The number of rotatable bonds is 0. The molecule has 12 heavy (non-hydrogen) atoms. The lowest BCUT2D eigenvalue weighted by Crippen LogP contribution is -1.79. The SMILES string of the molecule is Fc1cccc2cccc(Cl)c12. The van der Waals surface area contributed by atoms with E-state index in [1.807, 2.05) is 18.2 Å². The summed E-state index contributed by atoms with van der Waals surface area (Å²) in [7, 11) is 0. The monoisotopic (exact) mass is 180 g/mol. The molecule has 0 amide bonds. The normalized spacial score (nSPS) is 10.5. The molecule has 2 heteroatoms. The van der Waals surface area contributed by atoms with Crippen LogP contribution in [0.2, 0.25) is 5.02 Å². The predicted octanol–water partition coefficient (Wildman–Crippen LogP) is 3.63. The molecule has 2 aromatic rings. The maximum atomic E-state index is 13.2. The van der Waals surface area contributed by atoms with Crippen LogP contribution in [0.3, 0.4) is 0 Å². The summed E-state index contributed by atoms with van der Waals surface area (Å²) in [6.45, 7) is 0. The number of hydrogen-bond donors (Lipinski definition) is 0. The quantitative estimate of drug-likeness (QED) is 0.581.